The Kier molecular flexibility index (Phi) is 4.80. The molecule has 0 saturated heterocycles. The summed E-state index contributed by atoms with van der Waals surface area (Å²) in [4.78, 5) is 7.38. The van der Waals surface area contributed by atoms with E-state index in [1.54, 1.807) is 0 Å². The fraction of sp³-hybridized carbons (Fsp3) is 0.0882. The summed E-state index contributed by atoms with van der Waals surface area (Å²) in [7, 11) is 0. The Morgan fingerprint density at radius 1 is 0.595 bits per heavy atom. The largest absolute Gasteiger partial charge is 0.313 e. The maximum absolute atomic E-state index is 4.95. The standard InChI is InChI=1S/C34H27N3/c1-34(2)27-17-9-11-19-29(27)37(30-20-12-10-18-28(30)34)31-21-22-35-32-26(24-13-5-3-6-14-24)23-36(33(31)32)25-15-7-4-8-16-25/h3-23H,1-2H3. The maximum Gasteiger partial charge on any atom is 0.0984 e. The molecular formula is C34H27N3. The number of fused-ring (bicyclic) bond motifs is 3. The zero-order valence-electron chi connectivity index (χ0n) is 21.0. The van der Waals surface area contributed by atoms with E-state index in [2.05, 4.69) is 145 Å². The van der Waals surface area contributed by atoms with Gasteiger partial charge in [0.05, 0.1) is 28.1 Å². The van der Waals surface area contributed by atoms with Gasteiger partial charge in [-0.2, -0.15) is 0 Å². The van der Waals surface area contributed by atoms with Gasteiger partial charge >= 0.3 is 0 Å². The molecule has 0 N–H and O–H groups in total. The Morgan fingerprint density at radius 3 is 1.81 bits per heavy atom. The Balaban J connectivity index is 1.59. The predicted molar refractivity (Wildman–Crippen MR) is 153 cm³/mol. The molecule has 0 bridgehead atoms. The molecule has 4 aromatic carbocycles. The van der Waals surface area contributed by atoms with E-state index in [0.29, 0.717) is 0 Å². The number of para-hydroxylation sites is 3. The van der Waals surface area contributed by atoms with Crippen molar-refractivity contribution >= 4 is 28.1 Å². The van der Waals surface area contributed by atoms with Gasteiger partial charge in [-0.05, 0) is 47.0 Å². The van der Waals surface area contributed by atoms with Gasteiger partial charge in [0.1, 0.15) is 0 Å². The van der Waals surface area contributed by atoms with Gasteiger partial charge in [-0.25, -0.2) is 0 Å². The van der Waals surface area contributed by atoms with Crippen LogP contribution in [0.2, 0.25) is 0 Å². The average Bonchev–Trinajstić information content (AvgIpc) is 3.35. The van der Waals surface area contributed by atoms with Crippen LogP contribution < -0.4 is 4.90 Å². The summed E-state index contributed by atoms with van der Waals surface area (Å²) in [5.41, 5.74) is 11.6. The highest BCUT2D eigenvalue weighted by molar-refractivity contribution is 6.04. The first-order valence-corrected chi connectivity index (χ1v) is 12.7. The molecular weight excluding hydrogens is 450 g/mol. The van der Waals surface area contributed by atoms with E-state index >= 15 is 0 Å². The highest BCUT2D eigenvalue weighted by Gasteiger charge is 2.37. The molecule has 2 aromatic heterocycles. The first-order valence-electron chi connectivity index (χ1n) is 12.7. The highest BCUT2D eigenvalue weighted by atomic mass is 15.2. The molecule has 0 aliphatic carbocycles. The van der Waals surface area contributed by atoms with Gasteiger partial charge in [0.2, 0.25) is 0 Å². The van der Waals surface area contributed by atoms with Crippen LogP contribution in [0.4, 0.5) is 17.1 Å². The first kappa shape index (κ1) is 21.6. The topological polar surface area (TPSA) is 21.1 Å². The van der Waals surface area contributed by atoms with Crippen molar-refractivity contribution in [1.82, 2.24) is 9.55 Å². The normalized spacial score (nSPS) is 13.8. The number of hydrogen-bond donors (Lipinski definition) is 0. The lowest BCUT2D eigenvalue weighted by molar-refractivity contribution is 0.632. The van der Waals surface area contributed by atoms with Crippen LogP contribution in [0.15, 0.2) is 128 Å². The minimum Gasteiger partial charge on any atom is -0.313 e. The zero-order valence-corrected chi connectivity index (χ0v) is 21.0. The number of nitrogens with zero attached hydrogens (tertiary/aromatic N) is 3. The van der Waals surface area contributed by atoms with E-state index in [-0.39, 0.29) is 5.41 Å². The number of aromatic nitrogens is 2. The summed E-state index contributed by atoms with van der Waals surface area (Å²) in [5.74, 6) is 0. The molecule has 0 spiro atoms. The number of pyridine rings is 1. The van der Waals surface area contributed by atoms with Crippen LogP contribution in [0.25, 0.3) is 27.8 Å². The molecule has 3 heteroatoms. The van der Waals surface area contributed by atoms with Crippen molar-refractivity contribution < 1.29 is 0 Å². The third-order valence-electron chi connectivity index (χ3n) is 7.65. The molecule has 3 nitrogen and oxygen atoms in total. The number of anilines is 3. The Morgan fingerprint density at radius 2 is 1.16 bits per heavy atom. The zero-order chi connectivity index (χ0) is 25.0. The molecule has 0 radical (unpaired) electrons. The average molecular weight is 478 g/mol. The lowest BCUT2D eigenvalue weighted by Gasteiger charge is -2.42. The van der Waals surface area contributed by atoms with E-state index < -0.39 is 0 Å². The summed E-state index contributed by atoms with van der Waals surface area (Å²) in [6.45, 7) is 4.65. The van der Waals surface area contributed by atoms with Crippen molar-refractivity contribution in [3.8, 4) is 16.8 Å². The summed E-state index contributed by atoms with van der Waals surface area (Å²) in [5, 5.41) is 0. The van der Waals surface area contributed by atoms with Crippen molar-refractivity contribution in [3.05, 3.63) is 139 Å². The molecule has 1 aliphatic rings. The Hall–Kier alpha value is -4.63. The molecule has 178 valence electrons. The Bertz CT molecular complexity index is 1700. The fourth-order valence-electron chi connectivity index (χ4n) is 5.86. The van der Waals surface area contributed by atoms with Crippen LogP contribution in [0.3, 0.4) is 0 Å². The van der Waals surface area contributed by atoms with E-state index in [9.17, 15) is 0 Å². The second-order valence-electron chi connectivity index (χ2n) is 10.1. The highest BCUT2D eigenvalue weighted by Crippen LogP contribution is 2.53. The van der Waals surface area contributed by atoms with Crippen LogP contribution in [0.5, 0.6) is 0 Å². The van der Waals surface area contributed by atoms with Gasteiger partial charge in [0.15, 0.2) is 0 Å². The van der Waals surface area contributed by atoms with Crippen LogP contribution >= 0.6 is 0 Å². The number of benzene rings is 4. The summed E-state index contributed by atoms with van der Waals surface area (Å²) in [6, 6.07) is 40.9. The monoisotopic (exact) mass is 477 g/mol. The Labute approximate surface area is 217 Å². The molecule has 0 saturated carbocycles. The van der Waals surface area contributed by atoms with Gasteiger partial charge in [0.25, 0.3) is 0 Å². The lowest BCUT2D eigenvalue weighted by Crippen LogP contribution is -2.30. The molecule has 0 amide bonds. The minimum absolute atomic E-state index is 0.105. The molecule has 3 heterocycles. The van der Waals surface area contributed by atoms with E-state index in [1.165, 1.54) is 22.5 Å². The molecule has 7 rings (SSSR count). The van der Waals surface area contributed by atoms with Crippen LogP contribution in [0, 0.1) is 0 Å². The van der Waals surface area contributed by atoms with Crippen molar-refractivity contribution in [2.45, 2.75) is 19.3 Å². The number of hydrogen-bond acceptors (Lipinski definition) is 2. The van der Waals surface area contributed by atoms with Gasteiger partial charge in [-0.15, -0.1) is 0 Å². The first-order chi connectivity index (χ1) is 18.1. The van der Waals surface area contributed by atoms with Gasteiger partial charge in [-0.3, -0.25) is 4.98 Å². The second-order valence-corrected chi connectivity index (χ2v) is 10.1. The van der Waals surface area contributed by atoms with E-state index in [1.807, 2.05) is 6.20 Å². The number of rotatable bonds is 3. The van der Waals surface area contributed by atoms with Crippen molar-refractivity contribution in [3.63, 3.8) is 0 Å². The third-order valence-corrected chi connectivity index (χ3v) is 7.65. The van der Waals surface area contributed by atoms with Crippen molar-refractivity contribution in [1.29, 1.82) is 0 Å². The molecule has 0 fully saturated rings. The third kappa shape index (κ3) is 3.24. The quantitative estimate of drug-likeness (QED) is 0.254. The van der Waals surface area contributed by atoms with Crippen LogP contribution in [0.1, 0.15) is 25.0 Å². The molecule has 37 heavy (non-hydrogen) atoms. The lowest BCUT2D eigenvalue weighted by atomic mass is 9.73. The SMILES string of the molecule is CC1(C)c2ccccc2N(c2ccnc3c(-c4ccccc4)cn(-c4ccccc4)c23)c2ccccc21. The smallest absolute Gasteiger partial charge is 0.0984 e. The summed E-state index contributed by atoms with van der Waals surface area (Å²) < 4.78 is 2.30. The molecule has 1 aliphatic heterocycles. The van der Waals surface area contributed by atoms with Gasteiger partial charge in [0, 0.05) is 29.1 Å². The van der Waals surface area contributed by atoms with Gasteiger partial charge < -0.3 is 9.47 Å². The van der Waals surface area contributed by atoms with Crippen LogP contribution in [-0.2, 0) is 5.41 Å². The van der Waals surface area contributed by atoms with Crippen molar-refractivity contribution in [2.75, 3.05) is 4.90 Å². The maximum atomic E-state index is 4.95. The van der Waals surface area contributed by atoms with Crippen molar-refractivity contribution in [2.24, 2.45) is 0 Å². The fourth-order valence-corrected chi connectivity index (χ4v) is 5.86. The summed E-state index contributed by atoms with van der Waals surface area (Å²) in [6.07, 6.45) is 4.18. The van der Waals surface area contributed by atoms with E-state index in [4.69, 9.17) is 4.98 Å². The van der Waals surface area contributed by atoms with E-state index in [0.717, 1.165) is 33.5 Å². The second kappa shape index (κ2) is 8.21. The van der Waals surface area contributed by atoms with Gasteiger partial charge in [-0.1, -0.05) is 98.8 Å². The van der Waals surface area contributed by atoms with Crippen LogP contribution in [-0.4, -0.2) is 9.55 Å². The molecule has 0 unspecified atom stereocenters. The predicted octanol–water partition coefficient (Wildman–Crippen LogP) is 8.80. The minimum atomic E-state index is -0.105. The molecule has 0 atom stereocenters. The summed E-state index contributed by atoms with van der Waals surface area (Å²) >= 11 is 0. The molecule has 6 aromatic rings.